The van der Waals surface area contributed by atoms with Gasteiger partial charge < -0.3 is 9.15 Å². The Morgan fingerprint density at radius 3 is 2.73 bits per heavy atom. The van der Waals surface area contributed by atoms with Crippen LogP contribution in [0, 0.1) is 11.3 Å². The highest BCUT2D eigenvalue weighted by atomic mass is 32.1. The van der Waals surface area contributed by atoms with Crippen molar-refractivity contribution >= 4 is 21.4 Å². The predicted octanol–water partition coefficient (Wildman–Crippen LogP) is 5.38. The Kier molecular flexibility index (Phi) is 4.25. The van der Waals surface area contributed by atoms with E-state index in [2.05, 4.69) is 25.1 Å². The molecule has 30 heavy (non-hydrogen) atoms. The lowest BCUT2D eigenvalue weighted by atomic mass is 9.82. The molecule has 0 radical (unpaired) electrons. The molecular weight excluding hydrogens is 419 g/mol. The number of nitrogens with zero attached hydrogens (tertiary/aromatic N) is 4. The Balaban J connectivity index is 1.57. The van der Waals surface area contributed by atoms with Crippen LogP contribution < -0.4 is 4.74 Å². The van der Waals surface area contributed by atoms with E-state index in [4.69, 9.17) is 4.42 Å². The molecule has 7 nitrogen and oxygen atoms in total. The van der Waals surface area contributed by atoms with Crippen LogP contribution in [0.2, 0.25) is 0 Å². The number of benzene rings is 1. The quantitative estimate of drug-likeness (QED) is 0.466. The van der Waals surface area contributed by atoms with Crippen molar-refractivity contribution in [3.05, 3.63) is 35.7 Å². The van der Waals surface area contributed by atoms with Gasteiger partial charge in [-0.1, -0.05) is 6.42 Å². The van der Waals surface area contributed by atoms with Crippen LogP contribution >= 0.6 is 11.3 Å². The molecule has 0 saturated heterocycles. The van der Waals surface area contributed by atoms with Crippen molar-refractivity contribution in [1.82, 2.24) is 20.4 Å². The Morgan fingerprint density at radius 1 is 1.20 bits per heavy atom. The maximum Gasteiger partial charge on any atom is 0.573 e. The van der Waals surface area contributed by atoms with Crippen LogP contribution in [0.4, 0.5) is 13.2 Å². The van der Waals surface area contributed by atoms with Crippen molar-refractivity contribution in [3.8, 4) is 34.0 Å². The Morgan fingerprint density at radius 2 is 2.03 bits per heavy atom. The lowest BCUT2D eigenvalue weighted by Gasteiger charge is -2.23. The smallest absolute Gasteiger partial charge is 0.439 e. The van der Waals surface area contributed by atoms with Gasteiger partial charge in [0.2, 0.25) is 5.89 Å². The van der Waals surface area contributed by atoms with Crippen LogP contribution in [0.15, 0.2) is 28.7 Å². The lowest BCUT2D eigenvalue weighted by molar-refractivity contribution is -0.274. The molecule has 1 aromatic carbocycles. The van der Waals surface area contributed by atoms with Crippen LogP contribution in [0.25, 0.3) is 32.2 Å². The molecule has 4 aromatic rings. The number of rotatable bonds is 4. The highest BCUT2D eigenvalue weighted by molar-refractivity contribution is 7.22. The average Bonchev–Trinajstić information content (AvgIpc) is 3.35. The molecule has 0 unspecified atom stereocenters. The number of fused-ring (bicyclic) bond motifs is 1. The summed E-state index contributed by atoms with van der Waals surface area (Å²) in [7, 11) is 0. The van der Waals surface area contributed by atoms with Gasteiger partial charge in [0.15, 0.2) is 11.4 Å². The fourth-order valence-electron chi connectivity index (χ4n) is 3.35. The van der Waals surface area contributed by atoms with E-state index in [1.54, 1.807) is 12.1 Å². The third-order valence-corrected chi connectivity index (χ3v) is 6.04. The van der Waals surface area contributed by atoms with E-state index in [1.165, 1.54) is 23.5 Å². The molecule has 152 valence electrons. The van der Waals surface area contributed by atoms with E-state index in [9.17, 15) is 18.4 Å². The number of nitriles is 1. The standard InChI is InChI=1S/C19H12F3N5O2S/c20-19(21,22)29-11-4-5-13-10(6-11)7-14(30-13)18-24-16(15-12(8-23)25-27-26-15)17(28-18)9-2-1-3-9/h4-7,9H,1-3H2,(H,25,26,27). The van der Waals surface area contributed by atoms with Gasteiger partial charge in [0.25, 0.3) is 0 Å². The number of nitrogens with one attached hydrogen (secondary N) is 1. The fourth-order valence-corrected chi connectivity index (χ4v) is 4.32. The Hall–Kier alpha value is -3.39. The zero-order chi connectivity index (χ0) is 20.9. The second-order valence-electron chi connectivity index (χ2n) is 6.85. The lowest BCUT2D eigenvalue weighted by Crippen LogP contribution is -2.16. The summed E-state index contributed by atoms with van der Waals surface area (Å²) >= 11 is 1.34. The van der Waals surface area contributed by atoms with Crippen LogP contribution in [0.5, 0.6) is 5.75 Å². The van der Waals surface area contributed by atoms with Gasteiger partial charge in [0.05, 0.1) is 4.88 Å². The predicted molar refractivity (Wildman–Crippen MR) is 101 cm³/mol. The van der Waals surface area contributed by atoms with Gasteiger partial charge in [-0.2, -0.15) is 15.6 Å². The number of oxazole rings is 1. The number of hydrogen-bond acceptors (Lipinski definition) is 7. The summed E-state index contributed by atoms with van der Waals surface area (Å²) in [6.45, 7) is 0. The Labute approximate surface area is 171 Å². The van der Waals surface area contributed by atoms with Gasteiger partial charge in [-0.25, -0.2) is 4.98 Å². The Bertz CT molecular complexity index is 1280. The van der Waals surface area contributed by atoms with Crippen LogP contribution in [-0.4, -0.2) is 26.8 Å². The molecule has 1 fully saturated rings. The van der Waals surface area contributed by atoms with Crippen molar-refractivity contribution in [3.63, 3.8) is 0 Å². The average molecular weight is 431 g/mol. The second-order valence-corrected chi connectivity index (χ2v) is 7.93. The van der Waals surface area contributed by atoms with Gasteiger partial charge in [0.1, 0.15) is 23.3 Å². The zero-order valence-electron chi connectivity index (χ0n) is 15.2. The molecule has 3 aromatic heterocycles. The fraction of sp³-hybridized carbons (Fsp3) is 0.263. The maximum absolute atomic E-state index is 12.5. The summed E-state index contributed by atoms with van der Waals surface area (Å²) in [5, 5.41) is 20.2. The maximum atomic E-state index is 12.5. The normalized spacial score (nSPS) is 14.6. The van der Waals surface area contributed by atoms with Gasteiger partial charge >= 0.3 is 6.36 Å². The summed E-state index contributed by atoms with van der Waals surface area (Å²) in [6, 6.07) is 7.84. The first-order valence-corrected chi connectivity index (χ1v) is 9.84. The molecule has 3 heterocycles. The summed E-state index contributed by atoms with van der Waals surface area (Å²) in [5.74, 6) is 0.882. The van der Waals surface area contributed by atoms with Crippen molar-refractivity contribution in [2.75, 3.05) is 0 Å². The first-order chi connectivity index (χ1) is 14.4. The number of halogens is 3. The monoisotopic (exact) mass is 431 g/mol. The molecular formula is C19H12F3N5O2S. The molecule has 1 aliphatic carbocycles. The number of thiophene rings is 1. The minimum Gasteiger partial charge on any atom is -0.439 e. The number of aromatic amines is 1. The van der Waals surface area contributed by atoms with E-state index >= 15 is 0 Å². The number of aromatic nitrogens is 4. The molecule has 1 N–H and O–H groups in total. The van der Waals surface area contributed by atoms with Crippen LogP contribution in [0.1, 0.15) is 36.6 Å². The summed E-state index contributed by atoms with van der Waals surface area (Å²) in [4.78, 5) is 5.23. The highest BCUT2D eigenvalue weighted by Gasteiger charge is 2.32. The van der Waals surface area contributed by atoms with Gasteiger partial charge in [-0.3, -0.25) is 0 Å². The molecule has 1 aliphatic rings. The van der Waals surface area contributed by atoms with Crippen LogP contribution in [0.3, 0.4) is 0 Å². The first-order valence-electron chi connectivity index (χ1n) is 9.03. The van der Waals surface area contributed by atoms with Gasteiger partial charge in [-0.05, 0) is 42.5 Å². The second kappa shape index (κ2) is 6.84. The van der Waals surface area contributed by atoms with E-state index in [0.29, 0.717) is 33.3 Å². The number of ether oxygens (including phenoxy) is 1. The van der Waals surface area contributed by atoms with Crippen molar-refractivity contribution in [1.29, 1.82) is 5.26 Å². The first kappa shape index (κ1) is 18.6. The third-order valence-electron chi connectivity index (χ3n) is 4.94. The molecule has 0 amide bonds. The minimum atomic E-state index is -4.75. The van der Waals surface area contributed by atoms with E-state index in [0.717, 1.165) is 24.0 Å². The number of alkyl halides is 3. The topological polar surface area (TPSA) is 101 Å². The van der Waals surface area contributed by atoms with Gasteiger partial charge in [0, 0.05) is 10.6 Å². The molecule has 0 spiro atoms. The largest absolute Gasteiger partial charge is 0.573 e. The highest BCUT2D eigenvalue weighted by Crippen LogP contribution is 2.44. The summed E-state index contributed by atoms with van der Waals surface area (Å²) in [6.07, 6.45) is -1.77. The van der Waals surface area contributed by atoms with Gasteiger partial charge in [-0.15, -0.1) is 29.6 Å². The van der Waals surface area contributed by atoms with E-state index in [-0.39, 0.29) is 17.4 Å². The van der Waals surface area contributed by atoms with Crippen molar-refractivity contribution < 1.29 is 22.3 Å². The molecule has 11 heteroatoms. The SMILES string of the molecule is N#Cc1n[nH]nc1-c1nc(-c2cc3cc(OC(F)(F)F)ccc3s2)oc1C1CCC1. The third kappa shape index (κ3) is 3.29. The van der Waals surface area contributed by atoms with E-state index in [1.807, 2.05) is 6.07 Å². The van der Waals surface area contributed by atoms with Crippen LogP contribution in [-0.2, 0) is 0 Å². The van der Waals surface area contributed by atoms with Crippen molar-refractivity contribution in [2.45, 2.75) is 31.5 Å². The minimum absolute atomic E-state index is 0.126. The summed E-state index contributed by atoms with van der Waals surface area (Å²) in [5.41, 5.74) is 0.927. The molecule has 1 saturated carbocycles. The molecule has 0 atom stereocenters. The van der Waals surface area contributed by atoms with Crippen molar-refractivity contribution in [2.24, 2.45) is 0 Å². The zero-order valence-corrected chi connectivity index (χ0v) is 16.0. The number of H-pyrrole nitrogens is 1. The molecule has 5 rings (SSSR count). The number of hydrogen-bond donors (Lipinski definition) is 1. The van der Waals surface area contributed by atoms with E-state index < -0.39 is 6.36 Å². The molecule has 0 aliphatic heterocycles. The molecule has 0 bridgehead atoms. The summed E-state index contributed by atoms with van der Waals surface area (Å²) < 4.78 is 48.3.